The zero-order chi connectivity index (χ0) is 11.5. The van der Waals surface area contributed by atoms with Crippen LogP contribution in [0.4, 0.5) is 5.82 Å². The van der Waals surface area contributed by atoms with Crippen LogP contribution in [0.2, 0.25) is 5.02 Å². The lowest BCUT2D eigenvalue weighted by Crippen LogP contribution is -1.97. The predicted molar refractivity (Wildman–Crippen MR) is 66.8 cm³/mol. The fraction of sp³-hybridized carbons (Fsp3) is 0.0909. The standard InChI is InChI=1S/C11H10ClN3S/c1-7-10(13)14-6-15-11(7)16-9-4-2-3-8(12)5-9/h2-6H,1H3,(H2,13,14,15). The second-order valence-electron chi connectivity index (χ2n) is 3.25. The molecule has 0 amide bonds. The SMILES string of the molecule is Cc1c(N)ncnc1Sc1cccc(Cl)c1. The number of benzene rings is 1. The fourth-order valence-corrected chi connectivity index (χ4v) is 2.36. The third-order valence-corrected chi connectivity index (χ3v) is 3.42. The van der Waals surface area contributed by atoms with E-state index in [0.717, 1.165) is 15.5 Å². The normalized spacial score (nSPS) is 10.4. The van der Waals surface area contributed by atoms with Crippen LogP contribution < -0.4 is 5.73 Å². The molecule has 0 aliphatic heterocycles. The Balaban J connectivity index is 2.31. The van der Waals surface area contributed by atoms with Crippen molar-refractivity contribution in [2.75, 3.05) is 5.73 Å². The van der Waals surface area contributed by atoms with Gasteiger partial charge in [-0.1, -0.05) is 29.4 Å². The van der Waals surface area contributed by atoms with Gasteiger partial charge in [-0.05, 0) is 25.1 Å². The summed E-state index contributed by atoms with van der Waals surface area (Å²) >= 11 is 7.44. The van der Waals surface area contributed by atoms with Gasteiger partial charge in [0, 0.05) is 15.5 Å². The van der Waals surface area contributed by atoms with Crippen molar-refractivity contribution in [3.8, 4) is 0 Å². The highest BCUT2D eigenvalue weighted by atomic mass is 35.5. The molecule has 0 spiro atoms. The lowest BCUT2D eigenvalue weighted by atomic mass is 10.3. The van der Waals surface area contributed by atoms with Crippen molar-refractivity contribution in [3.63, 3.8) is 0 Å². The van der Waals surface area contributed by atoms with Crippen LogP contribution in [0.5, 0.6) is 0 Å². The van der Waals surface area contributed by atoms with E-state index in [-0.39, 0.29) is 0 Å². The number of anilines is 1. The summed E-state index contributed by atoms with van der Waals surface area (Å²) in [5.74, 6) is 0.513. The summed E-state index contributed by atoms with van der Waals surface area (Å²) < 4.78 is 0. The second kappa shape index (κ2) is 4.72. The molecule has 0 saturated carbocycles. The summed E-state index contributed by atoms with van der Waals surface area (Å²) in [7, 11) is 0. The lowest BCUT2D eigenvalue weighted by molar-refractivity contribution is 1.01. The minimum atomic E-state index is 0.513. The van der Waals surface area contributed by atoms with Crippen molar-refractivity contribution in [3.05, 3.63) is 41.2 Å². The zero-order valence-electron chi connectivity index (χ0n) is 8.64. The van der Waals surface area contributed by atoms with E-state index in [2.05, 4.69) is 9.97 Å². The Morgan fingerprint density at radius 2 is 2.12 bits per heavy atom. The summed E-state index contributed by atoms with van der Waals surface area (Å²) in [6.07, 6.45) is 1.47. The van der Waals surface area contributed by atoms with Gasteiger partial charge in [-0.3, -0.25) is 0 Å². The number of nitrogens with two attached hydrogens (primary N) is 1. The molecule has 0 aliphatic rings. The minimum Gasteiger partial charge on any atom is -0.383 e. The Labute approximate surface area is 103 Å². The first-order chi connectivity index (χ1) is 7.66. The molecule has 82 valence electrons. The molecule has 3 nitrogen and oxygen atoms in total. The molecule has 1 aromatic heterocycles. The molecule has 2 rings (SSSR count). The van der Waals surface area contributed by atoms with Gasteiger partial charge in [-0.25, -0.2) is 9.97 Å². The maximum atomic E-state index is 5.91. The van der Waals surface area contributed by atoms with Crippen LogP contribution in [0.15, 0.2) is 40.5 Å². The first kappa shape index (κ1) is 11.2. The number of aromatic nitrogens is 2. The molecule has 1 heterocycles. The van der Waals surface area contributed by atoms with Gasteiger partial charge >= 0.3 is 0 Å². The van der Waals surface area contributed by atoms with E-state index in [1.807, 2.05) is 31.2 Å². The van der Waals surface area contributed by atoms with Crippen LogP contribution in [0.25, 0.3) is 0 Å². The molecule has 0 bridgehead atoms. The molecule has 0 unspecified atom stereocenters. The van der Waals surface area contributed by atoms with Crippen molar-refractivity contribution < 1.29 is 0 Å². The number of hydrogen-bond donors (Lipinski definition) is 1. The van der Waals surface area contributed by atoms with E-state index in [1.54, 1.807) is 0 Å². The third kappa shape index (κ3) is 2.46. The van der Waals surface area contributed by atoms with Gasteiger partial charge in [0.2, 0.25) is 0 Å². The summed E-state index contributed by atoms with van der Waals surface area (Å²) in [5.41, 5.74) is 6.61. The molecule has 0 atom stereocenters. The molecule has 5 heteroatoms. The number of rotatable bonds is 2. The van der Waals surface area contributed by atoms with Gasteiger partial charge in [0.05, 0.1) is 0 Å². The topological polar surface area (TPSA) is 51.8 Å². The van der Waals surface area contributed by atoms with E-state index in [1.165, 1.54) is 18.1 Å². The summed E-state index contributed by atoms with van der Waals surface area (Å²) in [5, 5.41) is 1.57. The monoisotopic (exact) mass is 251 g/mol. The van der Waals surface area contributed by atoms with Gasteiger partial charge in [0.1, 0.15) is 17.2 Å². The Hall–Kier alpha value is -1.26. The molecule has 0 aliphatic carbocycles. The van der Waals surface area contributed by atoms with Crippen LogP contribution in [-0.2, 0) is 0 Å². The number of nitrogens with zero attached hydrogens (tertiary/aromatic N) is 2. The van der Waals surface area contributed by atoms with Crippen LogP contribution in [0, 0.1) is 6.92 Å². The first-order valence-corrected chi connectivity index (χ1v) is 5.87. The Bertz CT molecular complexity index is 516. The van der Waals surface area contributed by atoms with Crippen LogP contribution >= 0.6 is 23.4 Å². The van der Waals surface area contributed by atoms with Gasteiger partial charge in [0.25, 0.3) is 0 Å². The average molecular weight is 252 g/mol. The van der Waals surface area contributed by atoms with Gasteiger partial charge in [0.15, 0.2) is 0 Å². The molecular weight excluding hydrogens is 242 g/mol. The van der Waals surface area contributed by atoms with Crippen LogP contribution in [-0.4, -0.2) is 9.97 Å². The molecule has 16 heavy (non-hydrogen) atoms. The lowest BCUT2D eigenvalue weighted by Gasteiger charge is -2.05. The Morgan fingerprint density at radius 1 is 1.31 bits per heavy atom. The second-order valence-corrected chi connectivity index (χ2v) is 4.75. The maximum absolute atomic E-state index is 5.91. The van der Waals surface area contributed by atoms with Crippen LogP contribution in [0.3, 0.4) is 0 Å². The van der Waals surface area contributed by atoms with E-state index in [0.29, 0.717) is 10.8 Å². The molecule has 0 radical (unpaired) electrons. The van der Waals surface area contributed by atoms with Gasteiger partial charge < -0.3 is 5.73 Å². The highest BCUT2D eigenvalue weighted by Crippen LogP contribution is 2.30. The minimum absolute atomic E-state index is 0.513. The fourth-order valence-electron chi connectivity index (χ4n) is 1.19. The molecule has 0 saturated heterocycles. The van der Waals surface area contributed by atoms with Crippen molar-refractivity contribution in [2.45, 2.75) is 16.8 Å². The Morgan fingerprint density at radius 3 is 2.88 bits per heavy atom. The van der Waals surface area contributed by atoms with E-state index in [4.69, 9.17) is 17.3 Å². The van der Waals surface area contributed by atoms with E-state index in [9.17, 15) is 0 Å². The number of hydrogen-bond acceptors (Lipinski definition) is 4. The third-order valence-electron chi connectivity index (χ3n) is 2.09. The average Bonchev–Trinajstić information content (AvgIpc) is 2.25. The highest BCUT2D eigenvalue weighted by Gasteiger charge is 2.06. The Kier molecular flexibility index (Phi) is 3.31. The predicted octanol–water partition coefficient (Wildman–Crippen LogP) is 3.17. The molecule has 2 aromatic rings. The molecular formula is C11H10ClN3S. The molecule has 0 fully saturated rings. The smallest absolute Gasteiger partial charge is 0.130 e. The van der Waals surface area contributed by atoms with Crippen molar-refractivity contribution in [1.29, 1.82) is 0 Å². The quantitative estimate of drug-likeness (QED) is 0.833. The van der Waals surface area contributed by atoms with Crippen LogP contribution in [0.1, 0.15) is 5.56 Å². The van der Waals surface area contributed by atoms with E-state index >= 15 is 0 Å². The zero-order valence-corrected chi connectivity index (χ0v) is 10.2. The largest absolute Gasteiger partial charge is 0.383 e. The highest BCUT2D eigenvalue weighted by molar-refractivity contribution is 7.99. The summed E-state index contributed by atoms with van der Waals surface area (Å²) in [6.45, 7) is 1.90. The number of nitrogen functional groups attached to an aromatic ring is 1. The first-order valence-electron chi connectivity index (χ1n) is 4.67. The molecule has 2 N–H and O–H groups in total. The van der Waals surface area contributed by atoms with Crippen molar-refractivity contribution in [1.82, 2.24) is 9.97 Å². The maximum Gasteiger partial charge on any atom is 0.130 e. The van der Waals surface area contributed by atoms with Gasteiger partial charge in [-0.2, -0.15) is 0 Å². The summed E-state index contributed by atoms with van der Waals surface area (Å²) in [4.78, 5) is 9.15. The number of halogens is 1. The van der Waals surface area contributed by atoms with Crippen molar-refractivity contribution in [2.24, 2.45) is 0 Å². The summed E-state index contributed by atoms with van der Waals surface area (Å²) in [6, 6.07) is 7.62. The van der Waals surface area contributed by atoms with E-state index < -0.39 is 0 Å². The molecule has 1 aromatic carbocycles. The van der Waals surface area contributed by atoms with Crippen molar-refractivity contribution >= 4 is 29.2 Å². The van der Waals surface area contributed by atoms with Gasteiger partial charge in [-0.15, -0.1) is 0 Å².